The van der Waals surface area contributed by atoms with E-state index in [-0.39, 0.29) is 18.7 Å². The summed E-state index contributed by atoms with van der Waals surface area (Å²) in [5.41, 5.74) is -0.533. The van der Waals surface area contributed by atoms with Gasteiger partial charge in [0.1, 0.15) is 6.61 Å². The lowest BCUT2D eigenvalue weighted by atomic mass is 9.94. The molecule has 0 bridgehead atoms. The highest BCUT2D eigenvalue weighted by Gasteiger charge is 2.56. The first-order valence-electron chi connectivity index (χ1n) is 7.08. The topological polar surface area (TPSA) is 78.0 Å². The largest absolute Gasteiger partial charge is 0.445 e. The molecular weight excluding hydrogens is 444 g/mol. The van der Waals surface area contributed by atoms with Gasteiger partial charge < -0.3 is 20.3 Å². The molecule has 3 atom stereocenters. The van der Waals surface area contributed by atoms with Gasteiger partial charge in [0, 0.05) is 11.9 Å². The predicted molar refractivity (Wildman–Crippen MR) is 97.6 cm³/mol. The number of hydrogen-bond donors (Lipinski definition) is 3. The molecule has 132 valence electrons. The highest BCUT2D eigenvalue weighted by atomic mass is 79.9. The molecule has 0 unspecified atom stereocenters. The smallest absolute Gasteiger partial charge is 0.414 e. The Morgan fingerprint density at radius 1 is 1.62 bits per heavy atom. The Bertz CT molecular complexity index is 623. The fourth-order valence-electron chi connectivity index (χ4n) is 3.06. The lowest BCUT2D eigenvalue weighted by Gasteiger charge is -2.45. The van der Waals surface area contributed by atoms with Crippen molar-refractivity contribution < 1.29 is 9.53 Å². The number of halogens is 4. The Balaban J connectivity index is 1.79. The molecule has 1 fully saturated rings. The summed E-state index contributed by atoms with van der Waals surface area (Å²) in [6.07, 6.45) is 3.31. The number of carbonyl (C=O) groups excluding carboxylic acids is 1. The number of alkyl carbamates (subject to hydrolysis) is 1. The minimum atomic E-state index is -1.67. The van der Waals surface area contributed by atoms with Crippen molar-refractivity contribution in [2.45, 2.75) is 21.5 Å². The van der Waals surface area contributed by atoms with Crippen LogP contribution < -0.4 is 16.0 Å². The Kier molecular flexibility index (Phi) is 4.85. The molecule has 3 N–H and O–H groups in total. The lowest BCUT2D eigenvalue weighted by Crippen LogP contribution is -2.69. The standard InChI is InChI=1S/C13H15BrCl3N5O2/c1-7-18-9-8(5-14)19-10(20-11(23)24-6-13(15,16)17)22-4-2-3-12(9,22)21-7/h2-3,8-9,18,21H,1,4-6H2,(H,19,20,23)/t8-,9-,12+/m0/s1. The van der Waals surface area contributed by atoms with Crippen LogP contribution in [0.25, 0.3) is 0 Å². The van der Waals surface area contributed by atoms with Gasteiger partial charge >= 0.3 is 6.09 Å². The molecule has 7 nitrogen and oxygen atoms in total. The van der Waals surface area contributed by atoms with Crippen molar-refractivity contribution in [1.29, 1.82) is 0 Å². The van der Waals surface area contributed by atoms with E-state index in [9.17, 15) is 4.79 Å². The first-order valence-corrected chi connectivity index (χ1v) is 9.34. The van der Waals surface area contributed by atoms with Gasteiger partial charge in [-0.05, 0) is 6.08 Å². The van der Waals surface area contributed by atoms with Crippen molar-refractivity contribution in [2.24, 2.45) is 4.99 Å². The van der Waals surface area contributed by atoms with E-state index in [1.165, 1.54) is 0 Å². The number of nitrogens with zero attached hydrogens (tertiary/aromatic N) is 2. The zero-order valence-electron chi connectivity index (χ0n) is 12.4. The third-order valence-electron chi connectivity index (χ3n) is 3.93. The fraction of sp³-hybridized carbons (Fsp3) is 0.538. The molecule has 24 heavy (non-hydrogen) atoms. The molecule has 3 aliphatic heterocycles. The van der Waals surface area contributed by atoms with E-state index in [0.29, 0.717) is 23.7 Å². The van der Waals surface area contributed by atoms with Crippen molar-refractivity contribution in [3.05, 3.63) is 24.6 Å². The molecule has 1 spiro atoms. The van der Waals surface area contributed by atoms with Gasteiger partial charge in [0.25, 0.3) is 0 Å². The maximum absolute atomic E-state index is 12.0. The number of ether oxygens (including phenoxy) is 1. The molecule has 0 aromatic rings. The van der Waals surface area contributed by atoms with Crippen LogP contribution in [-0.2, 0) is 4.74 Å². The number of carbonyl (C=O) groups is 1. The quantitative estimate of drug-likeness (QED) is 0.434. The minimum Gasteiger partial charge on any atom is -0.445 e. The predicted octanol–water partition coefficient (Wildman–Crippen LogP) is 1.82. The summed E-state index contributed by atoms with van der Waals surface area (Å²) in [6, 6.07) is -0.148. The monoisotopic (exact) mass is 457 g/mol. The number of hydrogen-bond acceptors (Lipinski definition) is 6. The normalized spacial score (nSPS) is 30.9. The van der Waals surface area contributed by atoms with Gasteiger partial charge in [-0.25, -0.2) is 9.79 Å². The van der Waals surface area contributed by atoms with Crippen LogP contribution in [-0.4, -0.2) is 57.0 Å². The van der Waals surface area contributed by atoms with Crippen LogP contribution in [0.3, 0.4) is 0 Å². The zero-order valence-corrected chi connectivity index (χ0v) is 16.2. The molecular formula is C13H15BrCl3N5O2. The molecule has 3 rings (SSSR count). The van der Waals surface area contributed by atoms with Crippen LogP contribution in [0.2, 0.25) is 0 Å². The first kappa shape index (κ1) is 18.0. The molecule has 1 saturated heterocycles. The Hall–Kier alpha value is -0.830. The molecule has 3 heterocycles. The second-order valence-corrected chi connectivity index (χ2v) is 8.72. The summed E-state index contributed by atoms with van der Waals surface area (Å²) >= 11 is 20.2. The van der Waals surface area contributed by atoms with Crippen molar-refractivity contribution in [3.8, 4) is 0 Å². The highest BCUT2D eigenvalue weighted by molar-refractivity contribution is 9.09. The summed E-state index contributed by atoms with van der Waals surface area (Å²) in [4.78, 5) is 18.5. The maximum atomic E-state index is 12.0. The van der Waals surface area contributed by atoms with E-state index >= 15 is 0 Å². The fourth-order valence-corrected chi connectivity index (χ4v) is 3.75. The van der Waals surface area contributed by atoms with Gasteiger partial charge in [-0.15, -0.1) is 0 Å². The summed E-state index contributed by atoms with van der Waals surface area (Å²) in [6.45, 7) is 4.16. The summed E-state index contributed by atoms with van der Waals surface area (Å²) in [5, 5.41) is 9.88. The SMILES string of the molecule is C=C1N[C@H]2[C@H](CBr)N=C(NC(=O)OCC(Cl)(Cl)Cl)N3CC=C[C@]23N1. The molecule has 0 saturated carbocycles. The van der Waals surface area contributed by atoms with E-state index in [0.717, 1.165) is 0 Å². The van der Waals surface area contributed by atoms with Crippen molar-refractivity contribution in [1.82, 2.24) is 20.9 Å². The van der Waals surface area contributed by atoms with Crippen molar-refractivity contribution >= 4 is 62.8 Å². The zero-order chi connectivity index (χ0) is 17.5. The Morgan fingerprint density at radius 2 is 2.38 bits per heavy atom. The molecule has 0 aliphatic carbocycles. The van der Waals surface area contributed by atoms with E-state index in [2.05, 4.69) is 43.5 Å². The molecule has 0 aromatic carbocycles. The number of alkyl halides is 4. The lowest BCUT2D eigenvalue weighted by molar-refractivity contribution is 0.145. The van der Waals surface area contributed by atoms with Crippen molar-refractivity contribution in [3.63, 3.8) is 0 Å². The third kappa shape index (κ3) is 3.29. The van der Waals surface area contributed by atoms with Crippen LogP contribution >= 0.6 is 50.7 Å². The van der Waals surface area contributed by atoms with Gasteiger partial charge in [-0.1, -0.05) is 63.4 Å². The Labute approximate surface area is 162 Å². The van der Waals surface area contributed by atoms with Gasteiger partial charge in [-0.3, -0.25) is 5.32 Å². The summed E-state index contributed by atoms with van der Waals surface area (Å²) in [7, 11) is 0. The average molecular weight is 460 g/mol. The van der Waals surface area contributed by atoms with E-state index in [1.807, 2.05) is 17.1 Å². The van der Waals surface area contributed by atoms with Gasteiger partial charge in [0.15, 0.2) is 5.66 Å². The van der Waals surface area contributed by atoms with Gasteiger partial charge in [-0.2, -0.15) is 0 Å². The number of guanidine groups is 1. The van der Waals surface area contributed by atoms with E-state index in [4.69, 9.17) is 39.5 Å². The minimum absolute atomic E-state index is 0.0223. The molecule has 0 radical (unpaired) electrons. The maximum Gasteiger partial charge on any atom is 0.414 e. The highest BCUT2D eigenvalue weighted by Crippen LogP contribution is 2.36. The van der Waals surface area contributed by atoms with Crippen LogP contribution in [0.4, 0.5) is 4.79 Å². The van der Waals surface area contributed by atoms with Crippen LogP contribution in [0.1, 0.15) is 0 Å². The average Bonchev–Trinajstić information content (AvgIpc) is 3.05. The van der Waals surface area contributed by atoms with Crippen LogP contribution in [0, 0.1) is 0 Å². The summed E-state index contributed by atoms with van der Waals surface area (Å²) in [5.74, 6) is 1.09. The second kappa shape index (κ2) is 6.48. The summed E-state index contributed by atoms with van der Waals surface area (Å²) < 4.78 is 3.25. The van der Waals surface area contributed by atoms with Crippen LogP contribution in [0.5, 0.6) is 0 Å². The molecule has 0 aromatic heterocycles. The number of aliphatic imine (C=N–C) groups is 1. The second-order valence-electron chi connectivity index (χ2n) is 5.55. The molecule has 11 heteroatoms. The number of rotatable bonds is 2. The Morgan fingerprint density at radius 3 is 3.04 bits per heavy atom. The van der Waals surface area contributed by atoms with E-state index < -0.39 is 15.5 Å². The molecule has 3 aliphatic rings. The number of nitrogens with one attached hydrogen (secondary N) is 3. The molecule has 1 amide bonds. The van der Waals surface area contributed by atoms with Gasteiger partial charge in [0.2, 0.25) is 9.75 Å². The van der Waals surface area contributed by atoms with Crippen molar-refractivity contribution in [2.75, 3.05) is 18.5 Å². The third-order valence-corrected chi connectivity index (χ3v) is 4.92. The van der Waals surface area contributed by atoms with Gasteiger partial charge in [0.05, 0.1) is 17.9 Å². The first-order chi connectivity index (χ1) is 11.2. The van der Waals surface area contributed by atoms with E-state index in [1.54, 1.807) is 0 Å². The van der Waals surface area contributed by atoms with Crippen LogP contribution in [0.15, 0.2) is 29.5 Å². The number of amides is 1.